The van der Waals surface area contributed by atoms with Gasteiger partial charge in [-0.1, -0.05) is 72.8 Å². The van der Waals surface area contributed by atoms with E-state index in [1.807, 2.05) is 0 Å². The number of hydrogen-bond acceptors (Lipinski definition) is 2. The van der Waals surface area contributed by atoms with Crippen molar-refractivity contribution in [1.82, 2.24) is 9.13 Å². The molecular formula is C38H28N2O2. The zero-order chi connectivity index (χ0) is 28.2. The Balaban J connectivity index is 1.29. The molecule has 42 heavy (non-hydrogen) atoms. The summed E-state index contributed by atoms with van der Waals surface area (Å²) >= 11 is 0. The SMILES string of the molecule is COc1cc(-n2c3ccccc3c3ccccc32)ccc1-c1ccc(-n2c3ccccc3c3ccccc32)cc1OC. The van der Waals surface area contributed by atoms with E-state index >= 15 is 0 Å². The summed E-state index contributed by atoms with van der Waals surface area (Å²) in [6.45, 7) is 0. The van der Waals surface area contributed by atoms with Crippen LogP contribution in [0.2, 0.25) is 0 Å². The van der Waals surface area contributed by atoms with Gasteiger partial charge in [-0.2, -0.15) is 0 Å². The highest BCUT2D eigenvalue weighted by molar-refractivity contribution is 6.10. The summed E-state index contributed by atoms with van der Waals surface area (Å²) in [6.07, 6.45) is 0. The Morgan fingerprint density at radius 2 is 0.690 bits per heavy atom. The van der Waals surface area contributed by atoms with Gasteiger partial charge < -0.3 is 18.6 Å². The molecule has 2 aromatic heterocycles. The van der Waals surface area contributed by atoms with E-state index < -0.39 is 0 Å². The van der Waals surface area contributed by atoms with Crippen molar-refractivity contribution in [2.24, 2.45) is 0 Å². The van der Waals surface area contributed by atoms with Crippen LogP contribution in [0.3, 0.4) is 0 Å². The molecule has 0 aliphatic carbocycles. The smallest absolute Gasteiger partial charge is 0.128 e. The molecule has 0 fully saturated rings. The first-order valence-electron chi connectivity index (χ1n) is 14.1. The quantitative estimate of drug-likeness (QED) is 0.216. The van der Waals surface area contributed by atoms with Crippen LogP contribution in [0, 0.1) is 0 Å². The van der Waals surface area contributed by atoms with Gasteiger partial charge in [0.2, 0.25) is 0 Å². The van der Waals surface area contributed by atoms with Crippen LogP contribution in [0.1, 0.15) is 0 Å². The van der Waals surface area contributed by atoms with Crippen LogP contribution in [-0.2, 0) is 0 Å². The molecule has 0 bridgehead atoms. The number of rotatable bonds is 5. The van der Waals surface area contributed by atoms with Crippen LogP contribution in [0.15, 0.2) is 133 Å². The summed E-state index contributed by atoms with van der Waals surface area (Å²) < 4.78 is 16.6. The predicted octanol–water partition coefficient (Wildman–Crippen LogP) is 9.56. The summed E-state index contributed by atoms with van der Waals surface area (Å²) in [5.41, 5.74) is 8.73. The maximum absolute atomic E-state index is 6.01. The molecule has 0 unspecified atom stereocenters. The fraction of sp³-hybridized carbons (Fsp3) is 0.0526. The Hall–Kier alpha value is -5.48. The van der Waals surface area contributed by atoms with Gasteiger partial charge in [-0.05, 0) is 48.5 Å². The van der Waals surface area contributed by atoms with Crippen LogP contribution >= 0.6 is 0 Å². The molecule has 0 aliphatic rings. The lowest BCUT2D eigenvalue weighted by molar-refractivity contribution is 0.410. The Labute approximate surface area is 243 Å². The molecule has 2 heterocycles. The molecule has 0 atom stereocenters. The van der Waals surface area contributed by atoms with Crippen LogP contribution in [0.25, 0.3) is 66.1 Å². The van der Waals surface area contributed by atoms with Gasteiger partial charge in [0.25, 0.3) is 0 Å². The number of fused-ring (bicyclic) bond motifs is 6. The number of hydrogen-bond donors (Lipinski definition) is 0. The number of para-hydroxylation sites is 4. The van der Waals surface area contributed by atoms with E-state index in [1.165, 1.54) is 43.6 Å². The summed E-state index contributed by atoms with van der Waals surface area (Å²) in [7, 11) is 3.46. The van der Waals surface area contributed by atoms with Crippen molar-refractivity contribution in [2.45, 2.75) is 0 Å². The lowest BCUT2D eigenvalue weighted by atomic mass is 10.0. The Bertz CT molecular complexity index is 2020. The van der Waals surface area contributed by atoms with Crippen LogP contribution in [-0.4, -0.2) is 23.4 Å². The van der Waals surface area contributed by atoms with E-state index in [-0.39, 0.29) is 0 Å². The maximum Gasteiger partial charge on any atom is 0.128 e. The molecular weight excluding hydrogens is 516 g/mol. The van der Waals surface area contributed by atoms with Gasteiger partial charge in [-0.25, -0.2) is 0 Å². The van der Waals surface area contributed by atoms with E-state index in [4.69, 9.17) is 9.47 Å². The lowest BCUT2D eigenvalue weighted by Gasteiger charge is -2.17. The van der Waals surface area contributed by atoms with Gasteiger partial charge >= 0.3 is 0 Å². The fourth-order valence-electron chi connectivity index (χ4n) is 6.48. The Morgan fingerprint density at radius 3 is 1.00 bits per heavy atom. The highest BCUT2D eigenvalue weighted by Gasteiger charge is 2.18. The molecule has 0 N–H and O–H groups in total. The molecule has 8 rings (SSSR count). The van der Waals surface area contributed by atoms with Crippen molar-refractivity contribution >= 4 is 43.6 Å². The molecule has 202 valence electrons. The molecule has 4 heteroatoms. The topological polar surface area (TPSA) is 28.3 Å². The van der Waals surface area contributed by atoms with E-state index in [0.717, 1.165) is 34.0 Å². The monoisotopic (exact) mass is 544 g/mol. The molecule has 0 saturated carbocycles. The van der Waals surface area contributed by atoms with E-state index in [9.17, 15) is 0 Å². The summed E-state index contributed by atoms with van der Waals surface area (Å²) in [6, 6.07) is 47.0. The van der Waals surface area contributed by atoms with Gasteiger partial charge in [-0.15, -0.1) is 0 Å². The first-order chi connectivity index (χ1) is 20.8. The summed E-state index contributed by atoms with van der Waals surface area (Å²) in [5, 5.41) is 4.94. The summed E-state index contributed by atoms with van der Waals surface area (Å²) in [4.78, 5) is 0. The lowest BCUT2D eigenvalue weighted by Crippen LogP contribution is -1.99. The zero-order valence-corrected chi connectivity index (χ0v) is 23.4. The number of aromatic nitrogens is 2. The number of benzene rings is 6. The van der Waals surface area contributed by atoms with Crippen molar-refractivity contribution in [1.29, 1.82) is 0 Å². The highest BCUT2D eigenvalue weighted by Crippen LogP contribution is 2.41. The van der Waals surface area contributed by atoms with Gasteiger partial charge in [0.15, 0.2) is 0 Å². The molecule has 4 nitrogen and oxygen atoms in total. The minimum absolute atomic E-state index is 0.789. The van der Waals surface area contributed by atoms with Gasteiger partial charge in [0.1, 0.15) is 11.5 Å². The summed E-state index contributed by atoms with van der Waals surface area (Å²) in [5.74, 6) is 1.58. The molecule has 0 amide bonds. The Morgan fingerprint density at radius 1 is 0.381 bits per heavy atom. The third-order valence-corrected chi connectivity index (χ3v) is 8.34. The van der Waals surface area contributed by atoms with Crippen molar-refractivity contribution in [3.8, 4) is 34.0 Å². The minimum atomic E-state index is 0.789. The van der Waals surface area contributed by atoms with Gasteiger partial charge in [0, 0.05) is 56.2 Å². The Kier molecular flexibility index (Phi) is 5.54. The van der Waals surface area contributed by atoms with Gasteiger partial charge in [0.05, 0.1) is 36.3 Å². The van der Waals surface area contributed by atoms with Crippen molar-refractivity contribution < 1.29 is 9.47 Å². The molecule has 0 spiro atoms. The van der Waals surface area contributed by atoms with E-state index in [0.29, 0.717) is 0 Å². The van der Waals surface area contributed by atoms with E-state index in [1.54, 1.807) is 14.2 Å². The van der Waals surface area contributed by atoms with Crippen LogP contribution < -0.4 is 9.47 Å². The minimum Gasteiger partial charge on any atom is -0.496 e. The molecule has 0 aliphatic heterocycles. The molecule has 8 aromatic rings. The van der Waals surface area contributed by atoms with Crippen molar-refractivity contribution in [3.05, 3.63) is 133 Å². The second-order valence-electron chi connectivity index (χ2n) is 10.5. The first kappa shape index (κ1) is 24.3. The third-order valence-electron chi connectivity index (χ3n) is 8.34. The van der Waals surface area contributed by atoms with Crippen molar-refractivity contribution in [3.63, 3.8) is 0 Å². The van der Waals surface area contributed by atoms with Gasteiger partial charge in [-0.3, -0.25) is 0 Å². The number of ether oxygens (including phenoxy) is 2. The maximum atomic E-state index is 6.01. The standard InChI is InChI=1S/C38H28N2O2/c1-41-37-23-25(39-33-15-7-3-11-27(33)28-12-4-8-16-34(28)39)19-21-31(37)32-22-20-26(24-38(32)42-2)40-35-17-9-5-13-29(35)30-14-6-10-18-36(30)40/h3-24H,1-2H3. The fourth-order valence-corrected chi connectivity index (χ4v) is 6.48. The largest absolute Gasteiger partial charge is 0.496 e. The van der Waals surface area contributed by atoms with E-state index in [2.05, 4.69) is 143 Å². The van der Waals surface area contributed by atoms with Crippen molar-refractivity contribution in [2.75, 3.05) is 14.2 Å². The second-order valence-corrected chi connectivity index (χ2v) is 10.5. The molecule has 0 saturated heterocycles. The zero-order valence-electron chi connectivity index (χ0n) is 23.4. The number of methoxy groups -OCH3 is 2. The molecule has 0 radical (unpaired) electrons. The normalized spacial score (nSPS) is 11.6. The first-order valence-corrected chi connectivity index (χ1v) is 14.1. The predicted molar refractivity (Wildman–Crippen MR) is 174 cm³/mol. The molecule has 6 aromatic carbocycles. The third kappa shape index (κ3) is 3.55. The van der Waals surface area contributed by atoms with Crippen LogP contribution in [0.5, 0.6) is 11.5 Å². The average molecular weight is 545 g/mol. The second kappa shape index (κ2) is 9.57. The average Bonchev–Trinajstić information content (AvgIpc) is 3.57. The highest BCUT2D eigenvalue weighted by atomic mass is 16.5. The number of nitrogens with zero attached hydrogens (tertiary/aromatic N) is 2. The van der Waals surface area contributed by atoms with Crippen LogP contribution in [0.4, 0.5) is 0 Å².